The molecule has 0 saturated heterocycles. The van der Waals surface area contributed by atoms with Crippen molar-refractivity contribution in [1.82, 2.24) is 15.0 Å². The zero-order valence-electron chi connectivity index (χ0n) is 11.8. The standard InChI is InChI=1S/C15H19ClN4O/c16-12-4-6-13(7-5-12)21-9-1-8-20-15(11-2-3-11)14(10-17)18-19-20/h4-7,11H,1-3,8-10,17H2. The minimum atomic E-state index is 0.465. The number of benzene rings is 1. The SMILES string of the molecule is NCc1nnn(CCCOc2ccc(Cl)cc2)c1C1CC1. The average molecular weight is 307 g/mol. The van der Waals surface area contributed by atoms with Crippen molar-refractivity contribution >= 4 is 11.6 Å². The molecule has 1 saturated carbocycles. The summed E-state index contributed by atoms with van der Waals surface area (Å²) >= 11 is 5.84. The van der Waals surface area contributed by atoms with E-state index >= 15 is 0 Å². The number of nitrogens with two attached hydrogens (primary N) is 1. The highest BCUT2D eigenvalue weighted by molar-refractivity contribution is 6.30. The van der Waals surface area contributed by atoms with Crippen molar-refractivity contribution in [3.05, 3.63) is 40.7 Å². The van der Waals surface area contributed by atoms with Crippen molar-refractivity contribution in [2.24, 2.45) is 5.73 Å². The molecule has 0 unspecified atom stereocenters. The molecule has 1 fully saturated rings. The van der Waals surface area contributed by atoms with Gasteiger partial charge in [0.1, 0.15) is 5.75 Å². The van der Waals surface area contributed by atoms with E-state index in [-0.39, 0.29) is 0 Å². The van der Waals surface area contributed by atoms with Gasteiger partial charge in [0, 0.05) is 30.5 Å². The van der Waals surface area contributed by atoms with E-state index in [0.717, 1.165) is 24.4 Å². The molecule has 3 rings (SSSR count). The third-order valence-corrected chi connectivity index (χ3v) is 3.85. The molecule has 1 aromatic carbocycles. The van der Waals surface area contributed by atoms with Gasteiger partial charge in [-0.15, -0.1) is 5.10 Å². The minimum Gasteiger partial charge on any atom is -0.494 e. The number of halogens is 1. The van der Waals surface area contributed by atoms with Crippen molar-refractivity contribution in [3.8, 4) is 5.75 Å². The maximum Gasteiger partial charge on any atom is 0.119 e. The van der Waals surface area contributed by atoms with Gasteiger partial charge in [-0.05, 0) is 37.1 Å². The summed E-state index contributed by atoms with van der Waals surface area (Å²) in [7, 11) is 0. The van der Waals surface area contributed by atoms with Crippen LogP contribution in [0.15, 0.2) is 24.3 Å². The molecule has 112 valence electrons. The van der Waals surface area contributed by atoms with Crippen molar-refractivity contribution in [1.29, 1.82) is 0 Å². The molecule has 0 atom stereocenters. The van der Waals surface area contributed by atoms with E-state index in [1.54, 1.807) is 0 Å². The van der Waals surface area contributed by atoms with Crippen LogP contribution in [0.3, 0.4) is 0 Å². The van der Waals surface area contributed by atoms with Gasteiger partial charge in [0.25, 0.3) is 0 Å². The van der Waals surface area contributed by atoms with Crippen molar-refractivity contribution in [2.45, 2.75) is 38.3 Å². The van der Waals surface area contributed by atoms with Crippen LogP contribution in [0, 0.1) is 0 Å². The maximum atomic E-state index is 5.84. The largest absolute Gasteiger partial charge is 0.494 e. The number of hydrogen-bond acceptors (Lipinski definition) is 4. The third-order valence-electron chi connectivity index (χ3n) is 3.60. The summed E-state index contributed by atoms with van der Waals surface area (Å²) < 4.78 is 7.68. The molecule has 2 N–H and O–H groups in total. The lowest BCUT2D eigenvalue weighted by molar-refractivity contribution is 0.297. The van der Waals surface area contributed by atoms with Crippen LogP contribution in [0.5, 0.6) is 5.75 Å². The summed E-state index contributed by atoms with van der Waals surface area (Å²) in [5.74, 6) is 1.44. The first-order valence-electron chi connectivity index (χ1n) is 7.28. The fourth-order valence-corrected chi connectivity index (χ4v) is 2.53. The fraction of sp³-hybridized carbons (Fsp3) is 0.467. The van der Waals surface area contributed by atoms with Gasteiger partial charge < -0.3 is 10.5 Å². The Morgan fingerprint density at radius 3 is 2.71 bits per heavy atom. The molecule has 0 aliphatic heterocycles. The van der Waals surface area contributed by atoms with Gasteiger partial charge in [0.15, 0.2) is 0 Å². The van der Waals surface area contributed by atoms with Crippen LogP contribution in [-0.2, 0) is 13.1 Å². The molecule has 1 aromatic heterocycles. The molecular weight excluding hydrogens is 288 g/mol. The second kappa shape index (κ2) is 6.45. The van der Waals surface area contributed by atoms with Crippen LogP contribution in [0.25, 0.3) is 0 Å². The van der Waals surface area contributed by atoms with Crippen LogP contribution >= 0.6 is 11.6 Å². The number of ether oxygens (including phenoxy) is 1. The predicted molar refractivity (Wildman–Crippen MR) is 81.5 cm³/mol. The van der Waals surface area contributed by atoms with Crippen molar-refractivity contribution < 1.29 is 4.74 Å². The molecule has 2 aromatic rings. The van der Waals surface area contributed by atoms with Gasteiger partial charge in [-0.25, -0.2) is 4.68 Å². The van der Waals surface area contributed by atoms with Gasteiger partial charge in [0.2, 0.25) is 0 Å². The lowest BCUT2D eigenvalue weighted by atomic mass is 10.2. The molecular formula is C15H19ClN4O. The molecule has 1 aliphatic carbocycles. The van der Waals surface area contributed by atoms with Crippen LogP contribution in [0.2, 0.25) is 5.02 Å². The number of aromatic nitrogens is 3. The lowest BCUT2D eigenvalue weighted by Crippen LogP contribution is -2.10. The molecule has 0 amide bonds. The van der Waals surface area contributed by atoms with Crippen LogP contribution in [-0.4, -0.2) is 21.6 Å². The Kier molecular flexibility index (Phi) is 4.41. The highest BCUT2D eigenvalue weighted by Crippen LogP contribution is 2.41. The Morgan fingerprint density at radius 2 is 2.05 bits per heavy atom. The molecule has 5 nitrogen and oxygen atoms in total. The predicted octanol–water partition coefficient (Wildman–Crippen LogP) is 2.74. The molecule has 0 spiro atoms. The monoisotopic (exact) mass is 306 g/mol. The van der Waals surface area contributed by atoms with Gasteiger partial charge in [-0.3, -0.25) is 0 Å². The fourth-order valence-electron chi connectivity index (χ4n) is 2.41. The molecule has 21 heavy (non-hydrogen) atoms. The van der Waals surface area contributed by atoms with Crippen LogP contribution < -0.4 is 10.5 Å². The Balaban J connectivity index is 1.51. The third kappa shape index (κ3) is 3.54. The van der Waals surface area contributed by atoms with E-state index in [1.165, 1.54) is 18.5 Å². The van der Waals surface area contributed by atoms with Crippen LogP contribution in [0.1, 0.15) is 36.6 Å². The number of hydrogen-bond donors (Lipinski definition) is 1. The van der Waals surface area contributed by atoms with Gasteiger partial charge >= 0.3 is 0 Å². The highest BCUT2D eigenvalue weighted by Gasteiger charge is 2.30. The Labute approximate surface area is 129 Å². The topological polar surface area (TPSA) is 66.0 Å². The molecule has 6 heteroatoms. The zero-order chi connectivity index (χ0) is 14.7. The van der Waals surface area contributed by atoms with E-state index in [2.05, 4.69) is 10.3 Å². The Hall–Kier alpha value is -1.59. The smallest absolute Gasteiger partial charge is 0.119 e. The van der Waals surface area contributed by atoms with Crippen molar-refractivity contribution in [3.63, 3.8) is 0 Å². The first-order valence-corrected chi connectivity index (χ1v) is 7.66. The summed E-state index contributed by atoms with van der Waals surface area (Å²) in [6.07, 6.45) is 3.33. The summed E-state index contributed by atoms with van der Waals surface area (Å²) in [6, 6.07) is 7.40. The quantitative estimate of drug-likeness (QED) is 0.799. The first-order chi connectivity index (χ1) is 10.3. The van der Waals surface area contributed by atoms with Crippen LogP contribution in [0.4, 0.5) is 0 Å². The highest BCUT2D eigenvalue weighted by atomic mass is 35.5. The number of nitrogens with zero attached hydrogens (tertiary/aromatic N) is 3. The van der Waals surface area contributed by atoms with Gasteiger partial charge in [-0.1, -0.05) is 16.8 Å². The second-order valence-corrected chi connectivity index (χ2v) is 5.72. The zero-order valence-corrected chi connectivity index (χ0v) is 12.6. The van der Waals surface area contributed by atoms with E-state index < -0.39 is 0 Å². The lowest BCUT2D eigenvalue weighted by Gasteiger charge is -2.08. The second-order valence-electron chi connectivity index (χ2n) is 5.28. The summed E-state index contributed by atoms with van der Waals surface area (Å²) in [5, 5.41) is 9.11. The Bertz CT molecular complexity index is 592. The normalized spacial score (nSPS) is 14.4. The van der Waals surface area contributed by atoms with Crippen molar-refractivity contribution in [2.75, 3.05) is 6.61 Å². The molecule has 0 radical (unpaired) electrons. The summed E-state index contributed by atoms with van der Waals surface area (Å²) in [6.45, 7) is 1.92. The minimum absolute atomic E-state index is 0.465. The van der Waals surface area contributed by atoms with Gasteiger partial charge in [-0.2, -0.15) is 0 Å². The van der Waals surface area contributed by atoms with Gasteiger partial charge in [0.05, 0.1) is 18.0 Å². The summed E-state index contributed by atoms with van der Waals surface area (Å²) in [5.41, 5.74) is 7.89. The van der Waals surface area contributed by atoms with E-state index in [4.69, 9.17) is 22.1 Å². The molecule has 0 bridgehead atoms. The molecule has 1 aliphatic rings. The maximum absolute atomic E-state index is 5.84. The van der Waals surface area contributed by atoms with E-state index in [1.807, 2.05) is 28.9 Å². The van der Waals surface area contributed by atoms with E-state index in [9.17, 15) is 0 Å². The summed E-state index contributed by atoms with van der Waals surface area (Å²) in [4.78, 5) is 0. The first kappa shape index (κ1) is 14.4. The average Bonchev–Trinajstić information content (AvgIpc) is 3.26. The van der Waals surface area contributed by atoms with E-state index in [0.29, 0.717) is 24.1 Å². The number of rotatable bonds is 7. The number of aryl methyl sites for hydroxylation is 1. The Morgan fingerprint density at radius 1 is 1.29 bits per heavy atom. The molecule has 1 heterocycles.